The molecule has 1 rings (SSSR count). The first-order valence-electron chi connectivity index (χ1n) is 12.5. The van der Waals surface area contributed by atoms with Gasteiger partial charge in [0, 0.05) is 25.5 Å². The van der Waals surface area contributed by atoms with Gasteiger partial charge >= 0.3 is 0 Å². The van der Waals surface area contributed by atoms with Crippen molar-refractivity contribution >= 4 is 0 Å². The predicted octanol–water partition coefficient (Wildman–Crippen LogP) is 8.09. The molecule has 0 saturated heterocycles. The summed E-state index contributed by atoms with van der Waals surface area (Å²) in [6, 6.07) is 0. The Labute approximate surface area is 171 Å². The maximum atomic E-state index is 2.51. The highest BCUT2D eigenvalue weighted by Gasteiger charge is 2.10. The molecule has 2 nitrogen and oxygen atoms in total. The molecule has 0 amide bonds. The van der Waals surface area contributed by atoms with Crippen LogP contribution in [0.1, 0.15) is 129 Å². The van der Waals surface area contributed by atoms with Crippen LogP contribution in [0.5, 0.6) is 0 Å². The van der Waals surface area contributed by atoms with Gasteiger partial charge in [-0.05, 0) is 12.8 Å². The molecule has 0 N–H and O–H groups in total. The summed E-state index contributed by atoms with van der Waals surface area (Å²) in [5.74, 6) is 0. The van der Waals surface area contributed by atoms with E-state index in [1.807, 2.05) is 0 Å². The summed E-state index contributed by atoms with van der Waals surface area (Å²) < 4.78 is 0. The molecule has 160 valence electrons. The molecule has 0 aliphatic carbocycles. The van der Waals surface area contributed by atoms with Crippen LogP contribution < -0.4 is 0 Å². The summed E-state index contributed by atoms with van der Waals surface area (Å²) in [7, 11) is 0. The quantitative estimate of drug-likeness (QED) is 0.197. The number of unbranched alkanes of at least 4 members (excludes halogenated alkanes) is 16. The normalized spacial score (nSPS) is 13.9. The van der Waals surface area contributed by atoms with Crippen molar-refractivity contribution in [1.29, 1.82) is 0 Å². The van der Waals surface area contributed by atoms with Gasteiger partial charge in [0.15, 0.2) is 0 Å². The Kier molecular flexibility index (Phi) is 16.9. The molecule has 1 heterocycles. The van der Waals surface area contributed by atoms with Gasteiger partial charge in [-0.25, -0.2) is 0 Å². The molecular weight excluding hydrogens is 328 g/mol. The van der Waals surface area contributed by atoms with Gasteiger partial charge in [0.2, 0.25) is 0 Å². The third-order valence-corrected chi connectivity index (χ3v) is 5.95. The standard InChI is InChI=1S/C25H50N2/c1-3-5-7-9-11-12-13-14-15-16-18-20-22-27-24-23-26(25-27)21-19-17-10-8-6-4-2/h23-24H,3-22,25H2,1-2H3. The largest absolute Gasteiger partial charge is 0.359 e. The topological polar surface area (TPSA) is 6.48 Å². The van der Waals surface area contributed by atoms with E-state index in [9.17, 15) is 0 Å². The van der Waals surface area contributed by atoms with E-state index in [1.165, 1.54) is 129 Å². The Morgan fingerprint density at radius 3 is 1.07 bits per heavy atom. The van der Waals surface area contributed by atoms with Crippen LogP contribution >= 0.6 is 0 Å². The summed E-state index contributed by atoms with van der Waals surface area (Å²) in [6.07, 6.45) is 30.3. The summed E-state index contributed by atoms with van der Waals surface area (Å²) in [5, 5.41) is 0. The lowest BCUT2D eigenvalue weighted by molar-refractivity contribution is 0.257. The highest BCUT2D eigenvalue weighted by atomic mass is 15.3. The third-order valence-electron chi connectivity index (χ3n) is 5.95. The highest BCUT2D eigenvalue weighted by molar-refractivity contribution is 4.90. The number of hydrogen-bond acceptors (Lipinski definition) is 2. The minimum Gasteiger partial charge on any atom is -0.359 e. The Morgan fingerprint density at radius 1 is 0.444 bits per heavy atom. The lowest BCUT2D eigenvalue weighted by Crippen LogP contribution is -2.26. The van der Waals surface area contributed by atoms with E-state index < -0.39 is 0 Å². The summed E-state index contributed by atoms with van der Waals surface area (Å²) in [5.41, 5.74) is 0. The monoisotopic (exact) mass is 378 g/mol. The molecule has 0 bridgehead atoms. The van der Waals surface area contributed by atoms with Crippen LogP contribution in [-0.2, 0) is 0 Å². The van der Waals surface area contributed by atoms with Crippen LogP contribution in [0.25, 0.3) is 0 Å². The van der Waals surface area contributed by atoms with Crippen molar-refractivity contribution in [2.45, 2.75) is 129 Å². The van der Waals surface area contributed by atoms with Gasteiger partial charge < -0.3 is 9.80 Å². The number of nitrogens with zero attached hydrogens (tertiary/aromatic N) is 2. The first-order valence-corrected chi connectivity index (χ1v) is 12.5. The van der Waals surface area contributed by atoms with Gasteiger partial charge in [-0.3, -0.25) is 0 Å². The minimum atomic E-state index is 1.13. The van der Waals surface area contributed by atoms with Gasteiger partial charge in [0.05, 0.1) is 6.67 Å². The Bertz CT molecular complexity index is 326. The van der Waals surface area contributed by atoms with Gasteiger partial charge in [-0.1, -0.05) is 117 Å². The van der Waals surface area contributed by atoms with Crippen LogP contribution in [0.3, 0.4) is 0 Å². The Balaban J connectivity index is 1.80. The van der Waals surface area contributed by atoms with Crippen molar-refractivity contribution < 1.29 is 0 Å². The maximum Gasteiger partial charge on any atom is 0.0893 e. The van der Waals surface area contributed by atoms with Crippen molar-refractivity contribution in [2.75, 3.05) is 19.8 Å². The molecule has 27 heavy (non-hydrogen) atoms. The summed E-state index contributed by atoms with van der Waals surface area (Å²) in [4.78, 5) is 5.01. The van der Waals surface area contributed by atoms with E-state index in [-0.39, 0.29) is 0 Å². The second-order valence-electron chi connectivity index (χ2n) is 8.72. The summed E-state index contributed by atoms with van der Waals surface area (Å²) in [6.45, 7) is 8.22. The molecule has 2 heteroatoms. The van der Waals surface area contributed by atoms with Gasteiger partial charge in [-0.15, -0.1) is 0 Å². The molecule has 0 atom stereocenters. The zero-order chi connectivity index (χ0) is 19.4. The fourth-order valence-corrected chi connectivity index (χ4v) is 4.06. The van der Waals surface area contributed by atoms with E-state index in [1.54, 1.807) is 0 Å². The first-order chi connectivity index (χ1) is 13.4. The molecular formula is C25H50N2. The minimum absolute atomic E-state index is 1.13. The van der Waals surface area contributed by atoms with Crippen LogP contribution in [0.4, 0.5) is 0 Å². The van der Waals surface area contributed by atoms with Crippen molar-refractivity contribution in [2.24, 2.45) is 0 Å². The molecule has 0 radical (unpaired) electrons. The first kappa shape index (κ1) is 24.4. The predicted molar refractivity (Wildman–Crippen MR) is 122 cm³/mol. The maximum absolute atomic E-state index is 2.51. The molecule has 1 aliphatic rings. The molecule has 0 aromatic heterocycles. The highest BCUT2D eigenvalue weighted by Crippen LogP contribution is 2.14. The Morgan fingerprint density at radius 2 is 0.741 bits per heavy atom. The summed E-state index contributed by atoms with van der Waals surface area (Å²) >= 11 is 0. The van der Waals surface area contributed by atoms with Crippen molar-refractivity contribution in [3.05, 3.63) is 12.4 Å². The number of rotatable bonds is 20. The molecule has 1 aliphatic heterocycles. The smallest absolute Gasteiger partial charge is 0.0893 e. The van der Waals surface area contributed by atoms with E-state index in [0.29, 0.717) is 0 Å². The van der Waals surface area contributed by atoms with E-state index in [0.717, 1.165) is 6.67 Å². The Hall–Kier alpha value is -0.660. The van der Waals surface area contributed by atoms with Crippen LogP contribution in [0.2, 0.25) is 0 Å². The lowest BCUT2D eigenvalue weighted by Gasteiger charge is -2.21. The second-order valence-corrected chi connectivity index (χ2v) is 8.72. The molecule has 0 saturated carbocycles. The molecule has 0 unspecified atom stereocenters. The van der Waals surface area contributed by atoms with Gasteiger partial charge in [-0.2, -0.15) is 0 Å². The average Bonchev–Trinajstić information content (AvgIpc) is 3.13. The molecule has 0 aromatic carbocycles. The van der Waals surface area contributed by atoms with Crippen LogP contribution in [0.15, 0.2) is 12.4 Å². The second kappa shape index (κ2) is 18.7. The fourth-order valence-electron chi connectivity index (χ4n) is 4.06. The molecule has 0 spiro atoms. The zero-order valence-electron chi connectivity index (χ0n) is 18.9. The average molecular weight is 379 g/mol. The van der Waals surface area contributed by atoms with E-state index in [2.05, 4.69) is 36.0 Å². The van der Waals surface area contributed by atoms with Gasteiger partial charge in [0.1, 0.15) is 0 Å². The van der Waals surface area contributed by atoms with E-state index in [4.69, 9.17) is 0 Å². The molecule has 0 fully saturated rings. The van der Waals surface area contributed by atoms with Crippen molar-refractivity contribution in [3.8, 4) is 0 Å². The fraction of sp³-hybridized carbons (Fsp3) is 0.920. The van der Waals surface area contributed by atoms with Crippen LogP contribution in [-0.4, -0.2) is 29.6 Å². The van der Waals surface area contributed by atoms with Crippen molar-refractivity contribution in [1.82, 2.24) is 9.80 Å². The third kappa shape index (κ3) is 15.0. The van der Waals surface area contributed by atoms with Gasteiger partial charge in [0.25, 0.3) is 0 Å². The number of hydrogen-bond donors (Lipinski definition) is 0. The van der Waals surface area contributed by atoms with Crippen molar-refractivity contribution in [3.63, 3.8) is 0 Å². The van der Waals surface area contributed by atoms with E-state index >= 15 is 0 Å². The molecule has 0 aromatic rings. The lowest BCUT2D eigenvalue weighted by atomic mass is 10.1. The van der Waals surface area contributed by atoms with Crippen LogP contribution in [0, 0.1) is 0 Å². The zero-order valence-corrected chi connectivity index (χ0v) is 18.9. The SMILES string of the molecule is CCCCCCCCCCCCCCN1C=CN(CCCCCCCC)C1.